The molecule has 1 atom stereocenters. The van der Waals surface area contributed by atoms with Gasteiger partial charge in [0.15, 0.2) is 0 Å². The van der Waals surface area contributed by atoms with Gasteiger partial charge in [0.2, 0.25) is 0 Å². The highest BCUT2D eigenvalue weighted by Gasteiger charge is 2.21. The van der Waals surface area contributed by atoms with Crippen LogP contribution in [-0.4, -0.2) is 14.3 Å². The molecule has 7 heteroatoms. The van der Waals surface area contributed by atoms with E-state index in [4.69, 9.17) is 0 Å². The Hall–Kier alpha value is -3.19. The molecule has 3 aromatic rings. The number of sulfonamides is 1. The summed E-state index contributed by atoms with van der Waals surface area (Å²) in [6.45, 7) is 7.17. The van der Waals surface area contributed by atoms with Crippen molar-refractivity contribution in [3.05, 3.63) is 94.3 Å². The van der Waals surface area contributed by atoms with Crippen molar-refractivity contribution in [2.75, 3.05) is 4.72 Å². The summed E-state index contributed by atoms with van der Waals surface area (Å²) >= 11 is 0. The molecule has 0 aliphatic carbocycles. The summed E-state index contributed by atoms with van der Waals surface area (Å²) in [4.78, 5) is 12.8. The number of benzene rings is 3. The highest BCUT2D eigenvalue weighted by atomic mass is 32.2. The molecule has 0 aliphatic rings. The minimum atomic E-state index is -3.90. The molecule has 0 spiro atoms. The monoisotopic (exact) mass is 440 g/mol. The van der Waals surface area contributed by atoms with Gasteiger partial charge in [-0.2, -0.15) is 0 Å². The molecule has 31 heavy (non-hydrogen) atoms. The van der Waals surface area contributed by atoms with Crippen LogP contribution in [0, 0.1) is 26.6 Å². The summed E-state index contributed by atoms with van der Waals surface area (Å²) in [7, 11) is -3.90. The van der Waals surface area contributed by atoms with E-state index in [0.717, 1.165) is 16.7 Å². The molecule has 0 fully saturated rings. The van der Waals surface area contributed by atoms with Crippen molar-refractivity contribution in [3.63, 3.8) is 0 Å². The third-order valence-electron chi connectivity index (χ3n) is 5.09. The van der Waals surface area contributed by atoms with Gasteiger partial charge in [-0.3, -0.25) is 9.52 Å². The molecule has 0 heterocycles. The minimum absolute atomic E-state index is 0.0375. The van der Waals surface area contributed by atoms with Crippen LogP contribution in [-0.2, 0) is 10.0 Å². The molecule has 0 saturated heterocycles. The zero-order valence-corrected chi connectivity index (χ0v) is 18.7. The zero-order chi connectivity index (χ0) is 22.8. The van der Waals surface area contributed by atoms with Gasteiger partial charge in [-0.1, -0.05) is 30.3 Å². The number of aryl methyl sites for hydroxylation is 3. The zero-order valence-electron chi connectivity index (χ0n) is 17.9. The topological polar surface area (TPSA) is 75.3 Å². The normalized spacial score (nSPS) is 12.3. The van der Waals surface area contributed by atoms with Crippen molar-refractivity contribution in [2.24, 2.45) is 0 Å². The lowest BCUT2D eigenvalue weighted by Gasteiger charge is -2.16. The number of halogens is 1. The van der Waals surface area contributed by atoms with E-state index in [9.17, 15) is 17.6 Å². The van der Waals surface area contributed by atoms with Crippen LogP contribution in [0.25, 0.3) is 0 Å². The Kier molecular flexibility index (Phi) is 6.45. The first-order chi connectivity index (χ1) is 14.6. The Morgan fingerprint density at radius 1 is 0.903 bits per heavy atom. The molecular weight excluding hydrogens is 415 g/mol. The summed E-state index contributed by atoms with van der Waals surface area (Å²) in [5, 5.41) is 2.82. The molecule has 5 nitrogen and oxygen atoms in total. The fraction of sp³-hybridized carbons (Fsp3) is 0.208. The van der Waals surface area contributed by atoms with Crippen molar-refractivity contribution in [2.45, 2.75) is 38.6 Å². The predicted octanol–water partition coefficient (Wildman–Crippen LogP) is 5.04. The number of carbonyl (C=O) groups is 1. The molecule has 0 unspecified atom stereocenters. The molecule has 3 aromatic carbocycles. The van der Waals surface area contributed by atoms with Gasteiger partial charge in [0.1, 0.15) is 5.82 Å². The van der Waals surface area contributed by atoms with Crippen LogP contribution in [0.4, 0.5) is 10.1 Å². The molecule has 1 amide bonds. The molecule has 0 radical (unpaired) electrons. The average Bonchev–Trinajstić information content (AvgIpc) is 2.71. The molecular formula is C24H25FN2O3S. The van der Waals surface area contributed by atoms with Gasteiger partial charge in [-0.05, 0) is 80.3 Å². The van der Waals surface area contributed by atoms with E-state index in [1.54, 1.807) is 44.2 Å². The molecule has 0 aliphatic heterocycles. The molecule has 2 N–H and O–H groups in total. The van der Waals surface area contributed by atoms with Gasteiger partial charge in [-0.25, -0.2) is 12.8 Å². The fourth-order valence-corrected chi connectivity index (χ4v) is 4.58. The van der Waals surface area contributed by atoms with E-state index in [0.29, 0.717) is 11.3 Å². The summed E-state index contributed by atoms with van der Waals surface area (Å²) in [6, 6.07) is 15.6. The summed E-state index contributed by atoms with van der Waals surface area (Å²) < 4.78 is 41.9. The molecule has 0 aromatic heterocycles. The van der Waals surface area contributed by atoms with Crippen molar-refractivity contribution in [3.8, 4) is 0 Å². The number of anilines is 1. The first kappa shape index (κ1) is 22.5. The Balaban J connectivity index is 1.85. The largest absolute Gasteiger partial charge is 0.346 e. The van der Waals surface area contributed by atoms with E-state index in [-0.39, 0.29) is 22.3 Å². The highest BCUT2D eigenvalue weighted by Crippen LogP contribution is 2.24. The molecule has 0 bridgehead atoms. The quantitative estimate of drug-likeness (QED) is 0.564. The number of nitrogens with one attached hydrogen (secondary N) is 2. The smallest absolute Gasteiger partial charge is 0.262 e. The molecule has 162 valence electrons. The van der Waals surface area contributed by atoms with Crippen LogP contribution < -0.4 is 10.0 Å². The predicted molar refractivity (Wildman–Crippen MR) is 120 cm³/mol. The van der Waals surface area contributed by atoms with Gasteiger partial charge in [0, 0.05) is 5.56 Å². The van der Waals surface area contributed by atoms with Crippen molar-refractivity contribution in [1.82, 2.24) is 5.32 Å². The first-order valence-electron chi connectivity index (χ1n) is 9.84. The van der Waals surface area contributed by atoms with Gasteiger partial charge >= 0.3 is 0 Å². The van der Waals surface area contributed by atoms with Crippen molar-refractivity contribution >= 4 is 21.6 Å². The van der Waals surface area contributed by atoms with E-state index in [2.05, 4.69) is 10.0 Å². The number of carbonyl (C=O) groups excluding carboxylic acids is 1. The highest BCUT2D eigenvalue weighted by molar-refractivity contribution is 7.92. The van der Waals surface area contributed by atoms with E-state index < -0.39 is 15.9 Å². The standard InChI is InChI=1S/C24H25FN2O3S/c1-15-5-6-16(2)22(13-15)27-31(29,30)23-14-20(8-7-17(23)3)24(28)26-18(4)19-9-11-21(25)12-10-19/h5-14,18,27H,1-4H3,(H,26,28)/t18-/m0/s1. The van der Waals surface area contributed by atoms with Crippen LogP contribution in [0.15, 0.2) is 65.6 Å². The number of amides is 1. The van der Waals surface area contributed by atoms with E-state index >= 15 is 0 Å². The van der Waals surface area contributed by atoms with Gasteiger partial charge in [0.25, 0.3) is 15.9 Å². The Bertz CT molecular complexity index is 1220. The second-order valence-electron chi connectivity index (χ2n) is 7.65. The Morgan fingerprint density at radius 3 is 2.23 bits per heavy atom. The van der Waals surface area contributed by atoms with Crippen LogP contribution >= 0.6 is 0 Å². The third-order valence-corrected chi connectivity index (χ3v) is 6.60. The summed E-state index contributed by atoms with van der Waals surface area (Å²) in [5.41, 5.74) is 3.73. The number of hydrogen-bond acceptors (Lipinski definition) is 3. The Labute approximate surface area is 182 Å². The lowest BCUT2D eigenvalue weighted by molar-refractivity contribution is 0.0939. The summed E-state index contributed by atoms with van der Waals surface area (Å²) in [6.07, 6.45) is 0. The van der Waals surface area contributed by atoms with Crippen LogP contribution in [0.1, 0.15) is 45.6 Å². The first-order valence-corrected chi connectivity index (χ1v) is 11.3. The maximum absolute atomic E-state index is 13.1. The van der Waals surface area contributed by atoms with Crippen molar-refractivity contribution < 1.29 is 17.6 Å². The Morgan fingerprint density at radius 2 is 1.55 bits per heavy atom. The van der Waals surface area contributed by atoms with E-state index in [1.165, 1.54) is 18.2 Å². The summed E-state index contributed by atoms with van der Waals surface area (Å²) in [5.74, 6) is -0.771. The maximum atomic E-state index is 13.1. The third kappa shape index (κ3) is 5.30. The van der Waals surface area contributed by atoms with Crippen LogP contribution in [0.5, 0.6) is 0 Å². The van der Waals surface area contributed by atoms with Gasteiger partial charge < -0.3 is 5.32 Å². The van der Waals surface area contributed by atoms with Gasteiger partial charge in [-0.15, -0.1) is 0 Å². The lowest BCUT2D eigenvalue weighted by Crippen LogP contribution is -2.27. The SMILES string of the molecule is Cc1ccc(C)c(NS(=O)(=O)c2cc(C(=O)N[C@@H](C)c3ccc(F)cc3)ccc2C)c1. The van der Waals surface area contributed by atoms with Crippen LogP contribution in [0.2, 0.25) is 0 Å². The lowest BCUT2D eigenvalue weighted by atomic mass is 10.1. The maximum Gasteiger partial charge on any atom is 0.262 e. The van der Waals surface area contributed by atoms with Crippen molar-refractivity contribution in [1.29, 1.82) is 0 Å². The number of rotatable bonds is 6. The van der Waals surface area contributed by atoms with Crippen LogP contribution in [0.3, 0.4) is 0 Å². The second kappa shape index (κ2) is 8.89. The number of hydrogen-bond donors (Lipinski definition) is 2. The molecule has 3 rings (SSSR count). The average molecular weight is 441 g/mol. The van der Waals surface area contributed by atoms with Gasteiger partial charge in [0.05, 0.1) is 16.6 Å². The fourth-order valence-electron chi connectivity index (χ4n) is 3.19. The second-order valence-corrected chi connectivity index (χ2v) is 9.30. The molecule has 0 saturated carbocycles. The van der Waals surface area contributed by atoms with E-state index in [1.807, 2.05) is 26.0 Å². The minimum Gasteiger partial charge on any atom is -0.346 e.